The highest BCUT2D eigenvalue weighted by Gasteiger charge is 2.26. The van der Waals surface area contributed by atoms with Crippen molar-refractivity contribution < 1.29 is 4.79 Å². The van der Waals surface area contributed by atoms with E-state index in [-0.39, 0.29) is 11.2 Å². The Kier molecular flexibility index (Phi) is 5.38. The molecule has 0 spiro atoms. The van der Waals surface area contributed by atoms with E-state index in [1.807, 2.05) is 41.7 Å². The number of para-hydroxylation sites is 1. The minimum atomic E-state index is -0.336. The largest absolute Gasteiger partial charge is 0.316 e. The lowest BCUT2D eigenvalue weighted by molar-refractivity contribution is -0.115. The van der Waals surface area contributed by atoms with Gasteiger partial charge >= 0.3 is 0 Å². The summed E-state index contributed by atoms with van der Waals surface area (Å²) in [5, 5.41) is 23.5. The van der Waals surface area contributed by atoms with Gasteiger partial charge in [0.1, 0.15) is 11.1 Å². The van der Waals surface area contributed by atoms with E-state index in [2.05, 4.69) is 27.6 Å². The first-order valence-electron chi connectivity index (χ1n) is 10.4. The Morgan fingerprint density at radius 1 is 1.26 bits per heavy atom. The highest BCUT2D eigenvalue weighted by atomic mass is 32.2. The third-order valence-electron chi connectivity index (χ3n) is 5.68. The van der Waals surface area contributed by atoms with Crippen molar-refractivity contribution in [2.45, 2.75) is 49.4 Å². The number of hydrogen-bond acceptors (Lipinski definition) is 6. The number of rotatable bonds is 5. The average molecular weight is 448 g/mol. The lowest BCUT2D eigenvalue weighted by Crippen LogP contribution is -2.24. The summed E-state index contributed by atoms with van der Waals surface area (Å²) >= 11 is 2.97. The van der Waals surface area contributed by atoms with Crippen LogP contribution >= 0.6 is 23.1 Å². The number of amides is 1. The second-order valence-electron chi connectivity index (χ2n) is 7.60. The summed E-state index contributed by atoms with van der Waals surface area (Å²) in [6.45, 7) is 1.99. The van der Waals surface area contributed by atoms with Gasteiger partial charge in [0.25, 0.3) is 0 Å². The monoisotopic (exact) mass is 447 g/mol. The van der Waals surface area contributed by atoms with Crippen molar-refractivity contribution in [2.24, 2.45) is 0 Å². The molecule has 0 aliphatic heterocycles. The number of thiophene rings is 1. The van der Waals surface area contributed by atoms with E-state index in [1.165, 1.54) is 16.6 Å². The molecule has 0 radical (unpaired) electrons. The van der Waals surface area contributed by atoms with Crippen molar-refractivity contribution in [3.8, 4) is 6.07 Å². The van der Waals surface area contributed by atoms with Crippen LogP contribution in [0.2, 0.25) is 0 Å². The average Bonchev–Trinajstić information content (AvgIpc) is 3.37. The first-order chi connectivity index (χ1) is 15.2. The Labute approximate surface area is 188 Å². The number of nitrogens with zero attached hydrogens (tertiary/aromatic N) is 4. The van der Waals surface area contributed by atoms with Gasteiger partial charge in [-0.05, 0) is 61.3 Å². The molecular formula is C23H21N5OS2. The molecule has 0 saturated carbocycles. The van der Waals surface area contributed by atoms with Crippen LogP contribution < -0.4 is 5.32 Å². The molecule has 1 amide bonds. The number of benzene rings is 1. The normalized spacial score (nSPS) is 14.3. The predicted molar refractivity (Wildman–Crippen MR) is 125 cm³/mol. The summed E-state index contributed by atoms with van der Waals surface area (Å²) < 4.78 is 2.00. The van der Waals surface area contributed by atoms with E-state index in [0.717, 1.165) is 47.8 Å². The summed E-state index contributed by atoms with van der Waals surface area (Å²) in [6.07, 6.45) is 4.81. The minimum Gasteiger partial charge on any atom is -0.316 e. The molecule has 156 valence electrons. The number of aromatic nitrogens is 3. The molecule has 3 heterocycles. The number of nitriles is 1. The van der Waals surface area contributed by atoms with Gasteiger partial charge in [-0.2, -0.15) is 5.26 Å². The fourth-order valence-electron chi connectivity index (χ4n) is 4.10. The third kappa shape index (κ3) is 3.58. The Hall–Kier alpha value is -2.89. The molecule has 1 aliphatic rings. The predicted octanol–water partition coefficient (Wildman–Crippen LogP) is 5.20. The van der Waals surface area contributed by atoms with Crippen molar-refractivity contribution in [1.29, 1.82) is 5.26 Å². The summed E-state index contributed by atoms with van der Waals surface area (Å²) in [7, 11) is 0. The molecule has 31 heavy (non-hydrogen) atoms. The molecule has 0 bridgehead atoms. The molecule has 0 saturated heterocycles. The second kappa shape index (κ2) is 8.33. The first kappa shape index (κ1) is 20.0. The maximum absolute atomic E-state index is 13.2. The van der Waals surface area contributed by atoms with Crippen LogP contribution in [-0.4, -0.2) is 25.8 Å². The number of nitrogens with one attached hydrogen (secondary N) is 1. The number of hydrogen-bond donors (Lipinski definition) is 1. The van der Waals surface area contributed by atoms with Gasteiger partial charge in [-0.3, -0.25) is 9.20 Å². The zero-order valence-electron chi connectivity index (χ0n) is 17.1. The van der Waals surface area contributed by atoms with Crippen molar-refractivity contribution in [3.05, 3.63) is 52.4 Å². The van der Waals surface area contributed by atoms with Gasteiger partial charge in [0, 0.05) is 4.88 Å². The van der Waals surface area contributed by atoms with Crippen molar-refractivity contribution in [3.63, 3.8) is 0 Å². The molecule has 5 rings (SSSR count). The molecule has 0 fully saturated rings. The molecular weight excluding hydrogens is 426 g/mol. The van der Waals surface area contributed by atoms with Gasteiger partial charge in [-0.1, -0.05) is 36.9 Å². The van der Waals surface area contributed by atoms with Crippen LogP contribution in [0, 0.1) is 11.3 Å². The van der Waals surface area contributed by atoms with Crippen LogP contribution in [0.25, 0.3) is 16.6 Å². The van der Waals surface area contributed by atoms with Gasteiger partial charge in [-0.15, -0.1) is 21.5 Å². The van der Waals surface area contributed by atoms with Gasteiger partial charge < -0.3 is 5.32 Å². The molecule has 1 aliphatic carbocycles. The number of fused-ring (bicyclic) bond motifs is 4. The summed E-state index contributed by atoms with van der Waals surface area (Å²) in [6, 6.07) is 14.4. The summed E-state index contributed by atoms with van der Waals surface area (Å²) in [5.41, 5.74) is 3.55. The number of aryl methyl sites for hydroxylation is 1. The number of pyridine rings is 1. The van der Waals surface area contributed by atoms with Gasteiger partial charge in [0.2, 0.25) is 5.91 Å². The number of carbonyl (C=O) groups excluding carboxylic acids is 1. The summed E-state index contributed by atoms with van der Waals surface area (Å²) in [4.78, 5) is 14.4. The van der Waals surface area contributed by atoms with Gasteiger partial charge in [-0.25, -0.2) is 0 Å². The van der Waals surface area contributed by atoms with E-state index < -0.39 is 0 Å². The Balaban J connectivity index is 1.43. The molecule has 1 unspecified atom stereocenters. The lowest BCUT2D eigenvalue weighted by atomic mass is 9.96. The second-order valence-corrected chi connectivity index (χ2v) is 9.87. The van der Waals surface area contributed by atoms with Crippen molar-refractivity contribution >= 4 is 50.6 Å². The summed E-state index contributed by atoms with van der Waals surface area (Å²) in [5.74, 6) is -0.0976. The van der Waals surface area contributed by atoms with Crippen LogP contribution in [0.1, 0.15) is 42.2 Å². The SMILES string of the molecule is CCC(Sc1nnc2ccc3ccccc3n12)C(=O)Nc1sc2c(c1C#N)CCCC2. The van der Waals surface area contributed by atoms with Crippen LogP contribution in [0.5, 0.6) is 0 Å². The molecule has 8 heteroatoms. The van der Waals surface area contributed by atoms with Crippen molar-refractivity contribution in [1.82, 2.24) is 14.6 Å². The van der Waals surface area contributed by atoms with Gasteiger partial charge in [0.05, 0.1) is 16.3 Å². The van der Waals surface area contributed by atoms with E-state index in [4.69, 9.17) is 0 Å². The quantitative estimate of drug-likeness (QED) is 0.425. The Morgan fingerprint density at radius 3 is 2.94 bits per heavy atom. The fourth-order valence-corrected chi connectivity index (χ4v) is 6.32. The zero-order valence-corrected chi connectivity index (χ0v) is 18.7. The maximum atomic E-state index is 13.2. The minimum absolute atomic E-state index is 0.0976. The molecule has 1 aromatic carbocycles. The highest BCUT2D eigenvalue weighted by molar-refractivity contribution is 8.00. The van der Waals surface area contributed by atoms with Crippen LogP contribution in [0.3, 0.4) is 0 Å². The Morgan fingerprint density at radius 2 is 2.10 bits per heavy atom. The maximum Gasteiger partial charge on any atom is 0.238 e. The number of carbonyl (C=O) groups is 1. The van der Waals surface area contributed by atoms with E-state index in [1.54, 1.807) is 11.3 Å². The standard InChI is InChI=1S/C23H21N5OS2/c1-2-18(21(29)25-22-16(13-24)15-8-4-6-10-19(15)30-22)31-23-27-26-20-12-11-14-7-3-5-9-17(14)28(20)23/h3,5,7,9,11-12,18H,2,4,6,8,10H2,1H3,(H,25,29). The first-order valence-corrected chi connectivity index (χ1v) is 12.1. The van der Waals surface area contributed by atoms with Crippen LogP contribution in [-0.2, 0) is 17.6 Å². The molecule has 4 aromatic rings. The van der Waals surface area contributed by atoms with E-state index >= 15 is 0 Å². The topological polar surface area (TPSA) is 83.1 Å². The molecule has 1 atom stereocenters. The smallest absolute Gasteiger partial charge is 0.238 e. The lowest BCUT2D eigenvalue weighted by Gasteiger charge is -2.13. The van der Waals surface area contributed by atoms with Crippen LogP contribution in [0.15, 0.2) is 41.6 Å². The van der Waals surface area contributed by atoms with Crippen molar-refractivity contribution in [2.75, 3.05) is 5.32 Å². The fraction of sp³-hybridized carbons (Fsp3) is 0.304. The third-order valence-corrected chi connectivity index (χ3v) is 8.19. The number of thioether (sulfide) groups is 1. The van der Waals surface area contributed by atoms with E-state index in [0.29, 0.717) is 22.1 Å². The molecule has 1 N–H and O–H groups in total. The molecule has 6 nitrogen and oxygen atoms in total. The highest BCUT2D eigenvalue weighted by Crippen LogP contribution is 2.38. The Bertz CT molecular complexity index is 1330. The van der Waals surface area contributed by atoms with Crippen LogP contribution in [0.4, 0.5) is 5.00 Å². The van der Waals surface area contributed by atoms with E-state index in [9.17, 15) is 10.1 Å². The molecule has 3 aromatic heterocycles. The van der Waals surface area contributed by atoms with Gasteiger partial charge in [0.15, 0.2) is 10.8 Å². The number of anilines is 1. The zero-order chi connectivity index (χ0) is 21.4.